The quantitative estimate of drug-likeness (QED) is 0.275. The van der Waals surface area contributed by atoms with Gasteiger partial charge in [-0.25, -0.2) is 0 Å². The summed E-state index contributed by atoms with van der Waals surface area (Å²) in [5.41, 5.74) is 1.93. The SMILES string of the molecule is CCCCCNC(=NC)NCc1ccc(C(=O)N2CCCCC2)cc1.I. The van der Waals surface area contributed by atoms with Crippen molar-refractivity contribution < 1.29 is 4.79 Å². The number of nitrogens with one attached hydrogen (secondary N) is 2. The Bertz CT molecular complexity index is 553. The van der Waals surface area contributed by atoms with Crippen molar-refractivity contribution in [3.8, 4) is 0 Å². The lowest BCUT2D eigenvalue weighted by molar-refractivity contribution is 0.0724. The maximum atomic E-state index is 12.5. The Morgan fingerprint density at radius 2 is 1.77 bits per heavy atom. The van der Waals surface area contributed by atoms with Gasteiger partial charge in [-0.05, 0) is 43.4 Å². The highest BCUT2D eigenvalue weighted by molar-refractivity contribution is 14.0. The van der Waals surface area contributed by atoms with Gasteiger partial charge in [-0.2, -0.15) is 0 Å². The van der Waals surface area contributed by atoms with Gasteiger partial charge in [0.15, 0.2) is 5.96 Å². The van der Waals surface area contributed by atoms with Crippen LogP contribution in [0, 0.1) is 0 Å². The molecule has 2 N–H and O–H groups in total. The van der Waals surface area contributed by atoms with Gasteiger partial charge >= 0.3 is 0 Å². The molecule has 0 spiro atoms. The fourth-order valence-electron chi connectivity index (χ4n) is 3.03. The van der Waals surface area contributed by atoms with E-state index in [1.54, 1.807) is 7.05 Å². The molecule has 6 heteroatoms. The number of halogens is 1. The standard InChI is InChI=1S/C20H32N4O.HI/c1-3-4-6-13-22-20(21-2)23-16-17-9-11-18(12-10-17)19(25)24-14-7-5-8-15-24;/h9-12H,3-8,13-16H2,1-2H3,(H2,21,22,23);1H. The predicted octanol–water partition coefficient (Wildman–Crippen LogP) is 3.79. The molecular formula is C20H33IN4O. The van der Waals surface area contributed by atoms with Gasteiger partial charge in [-0.15, -0.1) is 24.0 Å². The second-order valence-electron chi connectivity index (χ2n) is 6.61. The summed E-state index contributed by atoms with van der Waals surface area (Å²) in [5.74, 6) is 0.984. The van der Waals surface area contributed by atoms with Crippen LogP contribution in [-0.2, 0) is 6.54 Å². The number of unbranched alkanes of at least 4 members (excludes halogenated alkanes) is 2. The van der Waals surface area contributed by atoms with Gasteiger partial charge in [0.1, 0.15) is 0 Å². The normalized spacial score (nSPS) is 14.5. The van der Waals surface area contributed by atoms with Crippen molar-refractivity contribution in [2.75, 3.05) is 26.7 Å². The summed E-state index contributed by atoms with van der Waals surface area (Å²) in [5, 5.41) is 6.64. The molecule has 0 radical (unpaired) electrons. The summed E-state index contributed by atoms with van der Waals surface area (Å²) in [6.45, 7) is 5.62. The van der Waals surface area contributed by atoms with E-state index in [1.807, 2.05) is 29.2 Å². The monoisotopic (exact) mass is 472 g/mol. The largest absolute Gasteiger partial charge is 0.356 e. The minimum atomic E-state index is 0. The number of carbonyl (C=O) groups excluding carboxylic acids is 1. The molecule has 146 valence electrons. The first-order chi connectivity index (χ1) is 12.2. The van der Waals surface area contributed by atoms with Crippen molar-refractivity contribution in [1.29, 1.82) is 0 Å². The Morgan fingerprint density at radius 1 is 1.08 bits per heavy atom. The van der Waals surface area contributed by atoms with E-state index in [4.69, 9.17) is 0 Å². The molecule has 5 nitrogen and oxygen atoms in total. The van der Waals surface area contributed by atoms with Crippen molar-refractivity contribution in [2.24, 2.45) is 4.99 Å². The second-order valence-corrected chi connectivity index (χ2v) is 6.61. The fourth-order valence-corrected chi connectivity index (χ4v) is 3.03. The van der Waals surface area contributed by atoms with E-state index in [0.29, 0.717) is 6.54 Å². The Labute approximate surface area is 175 Å². The number of nitrogens with zero attached hydrogens (tertiary/aromatic N) is 2. The number of benzene rings is 1. The van der Waals surface area contributed by atoms with E-state index in [-0.39, 0.29) is 29.9 Å². The average molecular weight is 472 g/mol. The molecule has 26 heavy (non-hydrogen) atoms. The van der Waals surface area contributed by atoms with Crippen LogP contribution in [-0.4, -0.2) is 43.4 Å². The second kappa shape index (κ2) is 12.9. The molecule has 0 saturated carbocycles. The van der Waals surface area contributed by atoms with Crippen LogP contribution in [0.4, 0.5) is 0 Å². The third-order valence-electron chi connectivity index (χ3n) is 4.60. The smallest absolute Gasteiger partial charge is 0.253 e. The molecule has 0 aromatic heterocycles. The maximum Gasteiger partial charge on any atom is 0.253 e. The lowest BCUT2D eigenvalue weighted by Gasteiger charge is -2.26. The zero-order valence-corrected chi connectivity index (χ0v) is 18.4. The Kier molecular flexibility index (Phi) is 11.3. The number of rotatable bonds is 7. The van der Waals surface area contributed by atoms with Gasteiger partial charge in [-0.3, -0.25) is 9.79 Å². The van der Waals surface area contributed by atoms with Crippen LogP contribution >= 0.6 is 24.0 Å². The van der Waals surface area contributed by atoms with E-state index in [1.165, 1.54) is 19.3 Å². The van der Waals surface area contributed by atoms with Crippen LogP contribution in [0.3, 0.4) is 0 Å². The van der Waals surface area contributed by atoms with Gasteiger partial charge in [0.25, 0.3) is 5.91 Å². The number of guanidine groups is 1. The number of aliphatic imine (C=N–C) groups is 1. The molecule has 0 aliphatic carbocycles. The summed E-state index contributed by atoms with van der Waals surface area (Å²) in [6, 6.07) is 7.92. The van der Waals surface area contributed by atoms with Gasteiger partial charge in [0.2, 0.25) is 0 Å². The van der Waals surface area contributed by atoms with Gasteiger partial charge in [0.05, 0.1) is 0 Å². The number of carbonyl (C=O) groups is 1. The van der Waals surface area contributed by atoms with Crippen molar-refractivity contribution in [1.82, 2.24) is 15.5 Å². The summed E-state index contributed by atoms with van der Waals surface area (Å²) >= 11 is 0. The average Bonchev–Trinajstić information content (AvgIpc) is 2.68. The molecule has 0 atom stereocenters. The van der Waals surface area contributed by atoms with Gasteiger partial charge in [0, 0.05) is 38.8 Å². The number of hydrogen-bond acceptors (Lipinski definition) is 2. The summed E-state index contributed by atoms with van der Waals surface area (Å²) < 4.78 is 0. The number of likely N-dealkylation sites (tertiary alicyclic amines) is 1. The lowest BCUT2D eigenvalue weighted by atomic mass is 10.1. The first-order valence-corrected chi connectivity index (χ1v) is 9.57. The minimum absolute atomic E-state index is 0. The first-order valence-electron chi connectivity index (χ1n) is 9.57. The molecule has 1 aromatic rings. The highest BCUT2D eigenvalue weighted by Crippen LogP contribution is 2.13. The topological polar surface area (TPSA) is 56.7 Å². The molecular weight excluding hydrogens is 439 g/mol. The van der Waals surface area contributed by atoms with Gasteiger partial charge in [-0.1, -0.05) is 31.9 Å². The zero-order valence-electron chi connectivity index (χ0n) is 16.1. The predicted molar refractivity (Wildman–Crippen MR) is 119 cm³/mol. The van der Waals surface area contributed by atoms with Crippen molar-refractivity contribution in [3.05, 3.63) is 35.4 Å². The van der Waals surface area contributed by atoms with Crippen molar-refractivity contribution in [2.45, 2.75) is 52.0 Å². The molecule has 1 fully saturated rings. The molecule has 1 aromatic carbocycles. The third kappa shape index (κ3) is 7.51. The highest BCUT2D eigenvalue weighted by atomic mass is 127. The van der Waals surface area contributed by atoms with Crippen LogP contribution < -0.4 is 10.6 Å². The molecule has 1 amide bonds. The fraction of sp³-hybridized carbons (Fsp3) is 0.600. The van der Waals surface area contributed by atoms with E-state index in [9.17, 15) is 4.79 Å². The van der Waals surface area contributed by atoms with E-state index >= 15 is 0 Å². The van der Waals surface area contributed by atoms with Crippen LogP contribution in [0.5, 0.6) is 0 Å². The number of piperidine rings is 1. The van der Waals surface area contributed by atoms with Crippen LogP contribution in [0.2, 0.25) is 0 Å². The van der Waals surface area contributed by atoms with E-state index in [2.05, 4.69) is 22.5 Å². The third-order valence-corrected chi connectivity index (χ3v) is 4.60. The Morgan fingerprint density at radius 3 is 2.38 bits per heavy atom. The molecule has 0 unspecified atom stereocenters. The van der Waals surface area contributed by atoms with Crippen molar-refractivity contribution >= 4 is 35.8 Å². The molecule has 1 saturated heterocycles. The Balaban J connectivity index is 0.00000338. The van der Waals surface area contributed by atoms with Crippen LogP contribution in [0.15, 0.2) is 29.3 Å². The summed E-state index contributed by atoms with van der Waals surface area (Å²) in [6.07, 6.45) is 7.09. The zero-order chi connectivity index (χ0) is 17.9. The molecule has 0 bridgehead atoms. The van der Waals surface area contributed by atoms with E-state index < -0.39 is 0 Å². The minimum Gasteiger partial charge on any atom is -0.356 e. The summed E-state index contributed by atoms with van der Waals surface area (Å²) in [4.78, 5) is 18.7. The molecule has 2 rings (SSSR count). The summed E-state index contributed by atoms with van der Waals surface area (Å²) in [7, 11) is 1.79. The van der Waals surface area contributed by atoms with Crippen molar-refractivity contribution in [3.63, 3.8) is 0 Å². The van der Waals surface area contributed by atoms with Crippen LogP contribution in [0.25, 0.3) is 0 Å². The molecule has 1 aliphatic heterocycles. The molecule has 1 aliphatic rings. The Hall–Kier alpha value is -1.31. The highest BCUT2D eigenvalue weighted by Gasteiger charge is 2.17. The maximum absolute atomic E-state index is 12.5. The lowest BCUT2D eigenvalue weighted by Crippen LogP contribution is -2.37. The number of hydrogen-bond donors (Lipinski definition) is 2. The number of amides is 1. The van der Waals surface area contributed by atoms with E-state index in [0.717, 1.165) is 56.0 Å². The van der Waals surface area contributed by atoms with Gasteiger partial charge < -0.3 is 15.5 Å². The first kappa shape index (κ1) is 22.7. The molecule has 1 heterocycles. The van der Waals surface area contributed by atoms with Crippen LogP contribution in [0.1, 0.15) is 61.4 Å².